The summed E-state index contributed by atoms with van der Waals surface area (Å²) in [5.41, 5.74) is 5.08. The molecular weight excluding hydrogens is 248 g/mol. The molecule has 2 aromatic rings. The van der Waals surface area contributed by atoms with Crippen LogP contribution in [0.3, 0.4) is 0 Å². The largest absolute Gasteiger partial charge is 0.297 e. The predicted molar refractivity (Wildman–Crippen MR) is 79.6 cm³/mol. The predicted octanol–water partition coefficient (Wildman–Crippen LogP) is 2.80. The molecule has 1 N–H and O–H groups in total. The van der Waals surface area contributed by atoms with Gasteiger partial charge in [-0.05, 0) is 50.4 Å². The van der Waals surface area contributed by atoms with Crippen molar-refractivity contribution < 1.29 is 0 Å². The van der Waals surface area contributed by atoms with Gasteiger partial charge in [0.05, 0.1) is 11.9 Å². The highest BCUT2D eigenvalue weighted by Crippen LogP contribution is 2.28. The lowest BCUT2D eigenvalue weighted by molar-refractivity contribution is 0.196. The van der Waals surface area contributed by atoms with Crippen LogP contribution in [0.15, 0.2) is 24.5 Å². The Morgan fingerprint density at radius 3 is 3.00 bits per heavy atom. The van der Waals surface area contributed by atoms with Gasteiger partial charge in [0.15, 0.2) is 0 Å². The quantitative estimate of drug-likeness (QED) is 0.932. The zero-order chi connectivity index (χ0) is 13.9. The topological polar surface area (TPSA) is 44.8 Å². The molecule has 1 saturated heterocycles. The number of aromatic amines is 1. The van der Waals surface area contributed by atoms with Crippen molar-refractivity contribution in [2.24, 2.45) is 0 Å². The lowest BCUT2D eigenvalue weighted by Gasteiger charge is -2.32. The summed E-state index contributed by atoms with van der Waals surface area (Å²) in [4.78, 5) is 7.03. The molecule has 0 spiro atoms. The van der Waals surface area contributed by atoms with E-state index < -0.39 is 0 Å². The number of nitrogens with one attached hydrogen (secondary N) is 1. The number of aromatic nitrogens is 3. The van der Waals surface area contributed by atoms with Gasteiger partial charge < -0.3 is 0 Å². The smallest absolute Gasteiger partial charge is 0.0573 e. The van der Waals surface area contributed by atoms with Crippen molar-refractivity contribution in [1.82, 2.24) is 20.1 Å². The summed E-state index contributed by atoms with van der Waals surface area (Å²) in [6.45, 7) is 7.50. The summed E-state index contributed by atoms with van der Waals surface area (Å²) in [6, 6.07) is 4.15. The average molecular weight is 270 g/mol. The monoisotopic (exact) mass is 270 g/mol. The minimum absolute atomic E-state index is 0.579. The summed E-state index contributed by atoms with van der Waals surface area (Å²) >= 11 is 0. The van der Waals surface area contributed by atoms with E-state index in [0.29, 0.717) is 5.92 Å². The first kappa shape index (κ1) is 13.3. The van der Waals surface area contributed by atoms with Gasteiger partial charge in [-0.1, -0.05) is 6.07 Å². The third-order valence-corrected chi connectivity index (χ3v) is 4.27. The number of hydrogen-bond donors (Lipinski definition) is 1. The highest BCUT2D eigenvalue weighted by atomic mass is 15.2. The Labute approximate surface area is 120 Å². The van der Waals surface area contributed by atoms with Crippen LogP contribution in [-0.4, -0.2) is 33.2 Å². The zero-order valence-electron chi connectivity index (χ0n) is 12.3. The van der Waals surface area contributed by atoms with Crippen LogP contribution in [0.5, 0.6) is 0 Å². The van der Waals surface area contributed by atoms with Crippen LogP contribution in [0.2, 0.25) is 0 Å². The third-order valence-electron chi connectivity index (χ3n) is 4.27. The molecule has 1 aliphatic heterocycles. The second kappa shape index (κ2) is 5.75. The molecule has 1 fully saturated rings. The Hall–Kier alpha value is -1.68. The second-order valence-corrected chi connectivity index (χ2v) is 5.81. The van der Waals surface area contributed by atoms with E-state index in [1.54, 1.807) is 0 Å². The van der Waals surface area contributed by atoms with E-state index in [0.717, 1.165) is 13.1 Å². The van der Waals surface area contributed by atoms with Crippen molar-refractivity contribution in [2.45, 2.75) is 39.2 Å². The minimum atomic E-state index is 0.579. The highest BCUT2D eigenvalue weighted by Gasteiger charge is 2.24. The molecule has 0 aromatic carbocycles. The van der Waals surface area contributed by atoms with E-state index in [1.807, 2.05) is 18.5 Å². The molecule has 0 aliphatic carbocycles. The number of hydrogen-bond acceptors (Lipinski definition) is 3. The third kappa shape index (κ3) is 2.75. The molecule has 3 heterocycles. The molecule has 1 aliphatic rings. The molecule has 0 amide bonds. The summed E-state index contributed by atoms with van der Waals surface area (Å²) in [5.74, 6) is 0.579. The Morgan fingerprint density at radius 1 is 1.35 bits per heavy atom. The van der Waals surface area contributed by atoms with Gasteiger partial charge in [0.1, 0.15) is 0 Å². The molecule has 2 aromatic heterocycles. The van der Waals surface area contributed by atoms with E-state index in [1.165, 1.54) is 41.9 Å². The fourth-order valence-electron chi connectivity index (χ4n) is 3.10. The normalized spacial score (nSPS) is 20.2. The van der Waals surface area contributed by atoms with Crippen LogP contribution in [0.4, 0.5) is 0 Å². The average Bonchev–Trinajstić information content (AvgIpc) is 2.88. The SMILES string of the molecule is Cc1cccnc1CN1CCC[C@H](c2[nH]ncc2C)C1. The maximum atomic E-state index is 4.52. The molecule has 4 heteroatoms. The van der Waals surface area contributed by atoms with Gasteiger partial charge in [-0.25, -0.2) is 0 Å². The molecule has 0 unspecified atom stereocenters. The molecule has 1 atom stereocenters. The molecule has 0 bridgehead atoms. The Balaban J connectivity index is 1.70. The maximum absolute atomic E-state index is 4.52. The van der Waals surface area contributed by atoms with E-state index in [2.05, 4.69) is 40.0 Å². The number of pyridine rings is 1. The molecule has 3 rings (SSSR count). The maximum Gasteiger partial charge on any atom is 0.0573 e. The van der Waals surface area contributed by atoms with Gasteiger partial charge in [0, 0.05) is 30.9 Å². The summed E-state index contributed by atoms with van der Waals surface area (Å²) < 4.78 is 0. The summed E-state index contributed by atoms with van der Waals surface area (Å²) in [7, 11) is 0. The van der Waals surface area contributed by atoms with Crippen molar-refractivity contribution in [2.75, 3.05) is 13.1 Å². The van der Waals surface area contributed by atoms with Crippen molar-refractivity contribution in [3.63, 3.8) is 0 Å². The fourth-order valence-corrected chi connectivity index (χ4v) is 3.10. The van der Waals surface area contributed by atoms with Gasteiger partial charge in [-0.3, -0.25) is 15.0 Å². The van der Waals surface area contributed by atoms with Crippen molar-refractivity contribution in [3.8, 4) is 0 Å². The molecule has 106 valence electrons. The molecule has 0 radical (unpaired) electrons. The number of piperidine rings is 1. The first-order valence-electron chi connectivity index (χ1n) is 7.37. The van der Waals surface area contributed by atoms with E-state index in [9.17, 15) is 0 Å². The summed E-state index contributed by atoms with van der Waals surface area (Å²) in [5, 5.41) is 7.34. The highest BCUT2D eigenvalue weighted by molar-refractivity contribution is 5.20. The van der Waals surface area contributed by atoms with Crippen molar-refractivity contribution in [3.05, 3.63) is 47.0 Å². The lowest BCUT2D eigenvalue weighted by Crippen LogP contribution is -2.34. The number of likely N-dealkylation sites (tertiary alicyclic amines) is 1. The molecule has 4 nitrogen and oxygen atoms in total. The standard InChI is InChI=1S/C16H22N4/c1-12-5-3-7-17-15(12)11-20-8-4-6-14(10-20)16-13(2)9-18-19-16/h3,5,7,9,14H,4,6,8,10-11H2,1-2H3,(H,18,19)/t14-/m0/s1. The fraction of sp³-hybridized carbons (Fsp3) is 0.500. The first-order chi connectivity index (χ1) is 9.74. The summed E-state index contributed by atoms with van der Waals surface area (Å²) in [6.07, 6.45) is 6.32. The number of rotatable bonds is 3. The van der Waals surface area contributed by atoms with Crippen LogP contribution in [0.1, 0.15) is 41.3 Å². The van der Waals surface area contributed by atoms with Gasteiger partial charge >= 0.3 is 0 Å². The molecule has 20 heavy (non-hydrogen) atoms. The van der Waals surface area contributed by atoms with Gasteiger partial charge in [-0.15, -0.1) is 0 Å². The number of H-pyrrole nitrogens is 1. The first-order valence-corrected chi connectivity index (χ1v) is 7.37. The van der Waals surface area contributed by atoms with Crippen LogP contribution in [0.25, 0.3) is 0 Å². The van der Waals surface area contributed by atoms with Gasteiger partial charge in [-0.2, -0.15) is 5.10 Å². The van der Waals surface area contributed by atoms with Crippen LogP contribution in [-0.2, 0) is 6.54 Å². The van der Waals surface area contributed by atoms with Gasteiger partial charge in [0.25, 0.3) is 0 Å². The molecular formula is C16H22N4. The molecule has 0 saturated carbocycles. The Morgan fingerprint density at radius 2 is 2.25 bits per heavy atom. The number of nitrogens with zero attached hydrogens (tertiary/aromatic N) is 3. The second-order valence-electron chi connectivity index (χ2n) is 5.81. The van der Waals surface area contributed by atoms with Crippen molar-refractivity contribution >= 4 is 0 Å². The van der Waals surface area contributed by atoms with E-state index >= 15 is 0 Å². The van der Waals surface area contributed by atoms with Crippen LogP contribution < -0.4 is 0 Å². The Bertz CT molecular complexity index is 575. The van der Waals surface area contributed by atoms with E-state index in [-0.39, 0.29) is 0 Å². The zero-order valence-corrected chi connectivity index (χ0v) is 12.3. The lowest BCUT2D eigenvalue weighted by atomic mass is 9.93. The minimum Gasteiger partial charge on any atom is -0.297 e. The van der Waals surface area contributed by atoms with Gasteiger partial charge in [0.2, 0.25) is 0 Å². The number of aryl methyl sites for hydroxylation is 2. The van der Waals surface area contributed by atoms with Crippen LogP contribution in [0, 0.1) is 13.8 Å². The Kier molecular flexibility index (Phi) is 3.83. The van der Waals surface area contributed by atoms with Crippen molar-refractivity contribution in [1.29, 1.82) is 0 Å². The van der Waals surface area contributed by atoms with Crippen LogP contribution >= 0.6 is 0 Å². The van der Waals surface area contributed by atoms with E-state index in [4.69, 9.17) is 0 Å².